The number of alkyl halides is 1. The Morgan fingerprint density at radius 1 is 0.762 bits per heavy atom. The summed E-state index contributed by atoms with van der Waals surface area (Å²) in [7, 11) is 0. The average Bonchev–Trinajstić information content (AvgIpc) is 2.50. The lowest BCUT2D eigenvalue weighted by molar-refractivity contribution is 0.958. The summed E-state index contributed by atoms with van der Waals surface area (Å²) in [4.78, 5) is 0.194. The van der Waals surface area contributed by atoms with Crippen molar-refractivity contribution in [2.45, 2.75) is 11.2 Å². The van der Waals surface area contributed by atoms with Gasteiger partial charge in [0.2, 0.25) is 0 Å². The maximum Gasteiger partial charge on any atom is 0.0484 e. The second-order valence-electron chi connectivity index (χ2n) is 4.95. The molecule has 0 aromatic heterocycles. The van der Waals surface area contributed by atoms with E-state index in [9.17, 15) is 0 Å². The summed E-state index contributed by atoms with van der Waals surface area (Å²) in [6.45, 7) is 0. The molecule has 3 aromatic carbocycles. The van der Waals surface area contributed by atoms with Gasteiger partial charge in [0.05, 0.1) is 0 Å². The Hall–Kier alpha value is -1.02. The quantitative estimate of drug-likeness (QED) is 0.437. The summed E-state index contributed by atoms with van der Waals surface area (Å²) in [6, 6.07) is 20.2. The van der Waals surface area contributed by atoms with Crippen LogP contribution in [0.4, 0.5) is 0 Å². The molecular formula is C18H13BrCl2. The molecule has 0 nitrogen and oxygen atoms in total. The second kappa shape index (κ2) is 6.39. The molecule has 0 radical (unpaired) electrons. The molecule has 3 aromatic rings. The molecule has 3 rings (SSSR count). The summed E-state index contributed by atoms with van der Waals surface area (Å²) in [5, 5.41) is 3.85. The van der Waals surface area contributed by atoms with Crippen molar-refractivity contribution in [2.75, 3.05) is 0 Å². The van der Waals surface area contributed by atoms with Crippen LogP contribution >= 0.6 is 39.1 Å². The van der Waals surface area contributed by atoms with Gasteiger partial charge in [-0.25, -0.2) is 0 Å². The number of halogens is 3. The van der Waals surface area contributed by atoms with Gasteiger partial charge in [-0.1, -0.05) is 87.7 Å². The zero-order valence-corrected chi connectivity index (χ0v) is 14.3. The molecule has 0 aliphatic rings. The van der Waals surface area contributed by atoms with Crippen LogP contribution in [0.3, 0.4) is 0 Å². The van der Waals surface area contributed by atoms with Crippen LogP contribution in [-0.4, -0.2) is 0 Å². The van der Waals surface area contributed by atoms with Gasteiger partial charge in [-0.2, -0.15) is 0 Å². The minimum Gasteiger partial charge on any atom is -0.0840 e. The fourth-order valence-electron chi connectivity index (χ4n) is 2.53. The molecule has 21 heavy (non-hydrogen) atoms. The molecule has 0 spiro atoms. The van der Waals surface area contributed by atoms with Crippen molar-refractivity contribution in [3.8, 4) is 0 Å². The maximum absolute atomic E-state index is 6.28. The molecule has 0 saturated carbocycles. The fourth-order valence-corrected chi connectivity index (χ4v) is 3.71. The van der Waals surface area contributed by atoms with Crippen LogP contribution < -0.4 is 0 Å². The summed E-state index contributed by atoms with van der Waals surface area (Å²) in [5.74, 6) is 0. The summed E-state index contributed by atoms with van der Waals surface area (Å²) in [6.07, 6.45) is 0.839. The average molecular weight is 380 g/mol. The Labute approximate surface area is 142 Å². The highest BCUT2D eigenvalue weighted by Gasteiger charge is 2.14. The number of hydrogen-bond acceptors (Lipinski definition) is 0. The molecule has 0 fully saturated rings. The van der Waals surface area contributed by atoms with Crippen molar-refractivity contribution < 1.29 is 0 Å². The van der Waals surface area contributed by atoms with Gasteiger partial charge in [-0.3, -0.25) is 0 Å². The first-order valence-electron chi connectivity index (χ1n) is 6.71. The summed E-state index contributed by atoms with van der Waals surface area (Å²) < 4.78 is 0. The Morgan fingerprint density at radius 3 is 2.19 bits per heavy atom. The predicted octanol–water partition coefficient (Wildman–Crippen LogP) is 6.83. The first-order chi connectivity index (χ1) is 10.2. The van der Waals surface area contributed by atoms with Crippen molar-refractivity contribution in [2.24, 2.45) is 0 Å². The van der Waals surface area contributed by atoms with Crippen LogP contribution in [0, 0.1) is 0 Å². The van der Waals surface area contributed by atoms with E-state index in [1.165, 1.54) is 10.9 Å². The monoisotopic (exact) mass is 378 g/mol. The lowest BCUT2D eigenvalue weighted by Gasteiger charge is -2.15. The zero-order chi connectivity index (χ0) is 14.8. The second-order valence-corrected chi connectivity index (χ2v) is 6.86. The van der Waals surface area contributed by atoms with Crippen molar-refractivity contribution >= 4 is 49.9 Å². The minimum atomic E-state index is 0.194. The van der Waals surface area contributed by atoms with E-state index in [-0.39, 0.29) is 4.83 Å². The summed E-state index contributed by atoms with van der Waals surface area (Å²) >= 11 is 16.3. The molecule has 1 atom stereocenters. The topological polar surface area (TPSA) is 0 Å². The molecule has 0 N–H and O–H groups in total. The van der Waals surface area contributed by atoms with E-state index in [0.29, 0.717) is 0 Å². The maximum atomic E-state index is 6.28. The van der Waals surface area contributed by atoms with Crippen molar-refractivity contribution in [3.63, 3.8) is 0 Å². The van der Waals surface area contributed by atoms with Crippen LogP contribution in [0.25, 0.3) is 10.8 Å². The first-order valence-corrected chi connectivity index (χ1v) is 8.38. The van der Waals surface area contributed by atoms with Crippen molar-refractivity contribution in [3.05, 3.63) is 81.8 Å². The molecule has 0 heterocycles. The van der Waals surface area contributed by atoms with E-state index in [0.717, 1.165) is 27.4 Å². The Balaban J connectivity index is 2.01. The van der Waals surface area contributed by atoms with Gasteiger partial charge in [-0.05, 0) is 35.1 Å². The lowest BCUT2D eigenvalue weighted by Crippen LogP contribution is -1.97. The third kappa shape index (κ3) is 3.11. The van der Waals surface area contributed by atoms with Gasteiger partial charge in [0.25, 0.3) is 0 Å². The van der Waals surface area contributed by atoms with Gasteiger partial charge >= 0.3 is 0 Å². The van der Waals surface area contributed by atoms with Crippen LogP contribution in [0.5, 0.6) is 0 Å². The summed E-state index contributed by atoms with van der Waals surface area (Å²) in [5.41, 5.74) is 2.37. The van der Waals surface area contributed by atoms with Crippen LogP contribution in [0.1, 0.15) is 16.0 Å². The highest BCUT2D eigenvalue weighted by atomic mass is 79.9. The smallest absolute Gasteiger partial charge is 0.0484 e. The van der Waals surface area contributed by atoms with Crippen LogP contribution in [0.15, 0.2) is 60.7 Å². The van der Waals surface area contributed by atoms with Crippen LogP contribution in [0.2, 0.25) is 10.0 Å². The van der Waals surface area contributed by atoms with E-state index < -0.39 is 0 Å². The number of hydrogen-bond donors (Lipinski definition) is 0. The van der Waals surface area contributed by atoms with E-state index in [2.05, 4.69) is 40.2 Å². The third-order valence-electron chi connectivity index (χ3n) is 3.60. The molecule has 3 heteroatoms. The third-order valence-corrected chi connectivity index (χ3v) is 5.11. The van der Waals surface area contributed by atoms with E-state index in [1.807, 2.05) is 36.4 Å². The number of fused-ring (bicyclic) bond motifs is 1. The Morgan fingerprint density at radius 2 is 1.43 bits per heavy atom. The lowest BCUT2D eigenvalue weighted by atomic mass is 9.98. The molecule has 0 aliphatic heterocycles. The highest BCUT2D eigenvalue weighted by molar-refractivity contribution is 9.09. The molecule has 106 valence electrons. The van der Waals surface area contributed by atoms with E-state index in [1.54, 1.807) is 0 Å². The first kappa shape index (κ1) is 14.9. The van der Waals surface area contributed by atoms with Crippen molar-refractivity contribution in [1.29, 1.82) is 0 Å². The minimum absolute atomic E-state index is 0.194. The number of rotatable bonds is 3. The molecule has 1 unspecified atom stereocenters. The standard InChI is InChI=1S/C18H13BrCl2/c19-16(11-12-5-1-4-8-17(12)20)14-9-10-18(21)15-7-3-2-6-13(14)15/h1-10,16H,11H2. The van der Waals surface area contributed by atoms with E-state index >= 15 is 0 Å². The normalized spacial score (nSPS) is 12.5. The SMILES string of the molecule is Clc1ccccc1CC(Br)c1ccc(Cl)c2ccccc12. The van der Waals surface area contributed by atoms with Gasteiger partial charge in [0.15, 0.2) is 0 Å². The number of benzene rings is 3. The molecule has 0 amide bonds. The largest absolute Gasteiger partial charge is 0.0840 e. The molecule has 0 bridgehead atoms. The Bertz CT molecular complexity index is 783. The fraction of sp³-hybridized carbons (Fsp3) is 0.111. The van der Waals surface area contributed by atoms with Crippen molar-refractivity contribution in [1.82, 2.24) is 0 Å². The Kier molecular flexibility index (Phi) is 4.54. The van der Waals surface area contributed by atoms with Gasteiger partial charge < -0.3 is 0 Å². The molecular weight excluding hydrogens is 367 g/mol. The van der Waals surface area contributed by atoms with Crippen LogP contribution in [-0.2, 0) is 6.42 Å². The van der Waals surface area contributed by atoms with Gasteiger partial charge in [0, 0.05) is 20.3 Å². The zero-order valence-electron chi connectivity index (χ0n) is 11.2. The van der Waals surface area contributed by atoms with Gasteiger partial charge in [0.1, 0.15) is 0 Å². The highest BCUT2D eigenvalue weighted by Crippen LogP contribution is 2.36. The predicted molar refractivity (Wildman–Crippen MR) is 95.8 cm³/mol. The molecule has 0 aliphatic carbocycles. The van der Waals surface area contributed by atoms with Gasteiger partial charge in [-0.15, -0.1) is 0 Å². The molecule has 0 saturated heterocycles. The van der Waals surface area contributed by atoms with E-state index in [4.69, 9.17) is 23.2 Å².